The highest BCUT2D eigenvalue weighted by molar-refractivity contribution is 7.86. The lowest BCUT2D eigenvalue weighted by Gasteiger charge is -2.27. The molecule has 0 unspecified atom stereocenters. The second kappa shape index (κ2) is 17.2. The molecule has 2 aromatic carbocycles. The third-order valence-corrected chi connectivity index (χ3v) is 12.9. The molecule has 2 N–H and O–H groups in total. The van der Waals surface area contributed by atoms with Crippen LogP contribution in [0.5, 0.6) is 0 Å². The molecule has 0 aromatic heterocycles. The molecule has 4 rings (SSSR count). The highest BCUT2D eigenvalue weighted by Crippen LogP contribution is 2.48. The number of allylic oxidation sites excluding steroid dienone is 8. The lowest BCUT2D eigenvalue weighted by atomic mass is 9.80. The highest BCUT2D eigenvalue weighted by atomic mass is 35.5. The Morgan fingerprint density at radius 2 is 1.52 bits per heavy atom. The highest BCUT2D eigenvalue weighted by Gasteiger charge is 2.39. The van der Waals surface area contributed by atoms with E-state index in [9.17, 15) is 16.8 Å². The molecule has 0 spiro atoms. The summed E-state index contributed by atoms with van der Waals surface area (Å²) >= 11 is 7.00. The summed E-state index contributed by atoms with van der Waals surface area (Å²) in [6.07, 6.45) is 14.0. The van der Waals surface area contributed by atoms with Crippen LogP contribution in [0.15, 0.2) is 94.7 Å². The molecule has 0 radical (unpaired) electrons. The molecule has 0 fully saturated rings. The minimum absolute atomic E-state index is 0.00979. The van der Waals surface area contributed by atoms with Crippen LogP contribution in [0.2, 0.25) is 0 Å². The number of benzene rings is 2. The van der Waals surface area contributed by atoms with Crippen molar-refractivity contribution in [3.63, 3.8) is 0 Å². The smallest absolute Gasteiger partial charge is 0.267 e. The molecule has 1 aliphatic heterocycles. The second-order valence-corrected chi connectivity index (χ2v) is 18.3. The third-order valence-electron chi connectivity index (χ3n) is 9.85. The van der Waals surface area contributed by atoms with E-state index in [1.165, 1.54) is 36.7 Å². The van der Waals surface area contributed by atoms with Gasteiger partial charge in [-0.1, -0.05) is 93.9 Å². The van der Waals surface area contributed by atoms with Crippen LogP contribution in [0.4, 0.5) is 11.4 Å². The number of hydrogen-bond donors (Lipinski definition) is 1. The van der Waals surface area contributed by atoms with Crippen LogP contribution in [0.1, 0.15) is 83.8 Å². The Hall–Kier alpha value is -2.73. The SMILES string of the molecule is COS(=O)(=O)CCCC[NH2+]c1ccccc1C(C)(C)C/C=C/C1=C(Cl)C(=C/C=C2/N(CCCCS(=O)(=O)OC)c3ccccc3C2(C)C)/CC1. The fraction of sp³-hybridized carbons (Fsp3) is 0.487. The van der Waals surface area contributed by atoms with Crippen molar-refractivity contribution in [2.75, 3.05) is 43.7 Å². The van der Waals surface area contributed by atoms with Crippen molar-refractivity contribution in [3.05, 3.63) is 106 Å². The van der Waals surface area contributed by atoms with Crippen molar-refractivity contribution < 1.29 is 30.5 Å². The van der Waals surface area contributed by atoms with Gasteiger partial charge >= 0.3 is 0 Å². The molecule has 0 saturated carbocycles. The first-order valence-electron chi connectivity index (χ1n) is 17.4. The van der Waals surface area contributed by atoms with Crippen LogP contribution in [0, 0.1) is 0 Å². The average molecular weight is 746 g/mol. The maximum absolute atomic E-state index is 11.9. The Kier molecular flexibility index (Phi) is 13.8. The number of unbranched alkanes of at least 4 members (excludes halogenated alkanes) is 2. The summed E-state index contributed by atoms with van der Waals surface area (Å²) in [5, 5.41) is 3.02. The van der Waals surface area contributed by atoms with Crippen LogP contribution in [-0.4, -0.2) is 55.7 Å². The summed E-state index contributed by atoms with van der Waals surface area (Å²) in [5.41, 5.74) is 7.97. The summed E-state index contributed by atoms with van der Waals surface area (Å²) in [4.78, 5) is 2.32. The Bertz CT molecular complexity index is 1840. The first kappa shape index (κ1) is 40.0. The Morgan fingerprint density at radius 3 is 2.22 bits per heavy atom. The number of fused-ring (bicyclic) bond motifs is 1. The Balaban J connectivity index is 1.44. The van der Waals surface area contributed by atoms with Gasteiger partial charge in [0.15, 0.2) is 0 Å². The molecule has 11 heteroatoms. The number of hydrogen-bond acceptors (Lipinski definition) is 7. The molecule has 2 aromatic rings. The molecule has 0 amide bonds. The summed E-state index contributed by atoms with van der Waals surface area (Å²) in [6.45, 7) is 10.5. The number of nitrogens with zero attached hydrogens (tertiary/aromatic N) is 1. The predicted molar refractivity (Wildman–Crippen MR) is 205 cm³/mol. The number of halogens is 1. The van der Waals surface area contributed by atoms with Crippen LogP contribution in [0.3, 0.4) is 0 Å². The fourth-order valence-electron chi connectivity index (χ4n) is 6.86. The van der Waals surface area contributed by atoms with Gasteiger partial charge < -0.3 is 10.2 Å². The van der Waals surface area contributed by atoms with E-state index in [1.54, 1.807) is 0 Å². The Morgan fingerprint density at radius 1 is 0.880 bits per heavy atom. The summed E-state index contributed by atoms with van der Waals surface area (Å²) in [5.74, 6) is 0.0498. The van der Waals surface area contributed by atoms with E-state index in [0.717, 1.165) is 60.5 Å². The van der Waals surface area contributed by atoms with Gasteiger partial charge in [-0.2, -0.15) is 16.8 Å². The van der Waals surface area contributed by atoms with Crippen LogP contribution in [-0.2, 0) is 39.4 Å². The van der Waals surface area contributed by atoms with E-state index >= 15 is 0 Å². The second-order valence-electron chi connectivity index (χ2n) is 14.2. The van der Waals surface area contributed by atoms with Crippen LogP contribution < -0.4 is 10.2 Å². The van der Waals surface area contributed by atoms with Crippen molar-refractivity contribution in [3.8, 4) is 0 Å². The van der Waals surface area contributed by atoms with E-state index in [4.69, 9.17) is 11.6 Å². The van der Waals surface area contributed by atoms with E-state index in [-0.39, 0.29) is 22.3 Å². The van der Waals surface area contributed by atoms with Gasteiger partial charge in [0.25, 0.3) is 20.2 Å². The first-order chi connectivity index (χ1) is 23.6. The maximum atomic E-state index is 11.9. The summed E-state index contributed by atoms with van der Waals surface area (Å²) in [7, 11) is -4.47. The van der Waals surface area contributed by atoms with E-state index in [1.807, 2.05) is 12.1 Å². The molecular weight excluding hydrogens is 692 g/mol. The van der Waals surface area contributed by atoms with Gasteiger partial charge in [0.2, 0.25) is 0 Å². The average Bonchev–Trinajstić information content (AvgIpc) is 3.53. The molecule has 0 saturated heterocycles. The fourth-order valence-corrected chi connectivity index (χ4v) is 8.63. The molecular formula is C39H54ClN2O6S2+. The van der Waals surface area contributed by atoms with Crippen molar-refractivity contribution in [2.45, 2.75) is 83.5 Å². The lowest BCUT2D eigenvalue weighted by molar-refractivity contribution is -0.572. The van der Waals surface area contributed by atoms with Crippen LogP contribution in [0.25, 0.3) is 0 Å². The standard InChI is InChI=1S/C39H53ClN2O6S2/c1-38(2,32-17-7-9-19-34(32)41-26-11-13-28-49(43,44)47-5)25-15-16-30-21-22-31(37(30)40)23-24-36-39(3,4)33-18-8-10-20-35(33)42(36)27-12-14-29-50(45,46)48-6/h7-10,15-20,23-24,41H,11-14,21-22,25-29H2,1-6H3/p+1/b16-15+,31-23+,36-24+. The normalized spacial score (nSPS) is 18.3. The van der Waals surface area contributed by atoms with Crippen molar-refractivity contribution >= 4 is 43.2 Å². The van der Waals surface area contributed by atoms with Crippen LogP contribution >= 0.6 is 11.6 Å². The maximum Gasteiger partial charge on any atom is 0.267 e. The summed E-state index contributed by atoms with van der Waals surface area (Å²) < 4.78 is 56.1. The number of para-hydroxylation sites is 2. The number of nitrogens with two attached hydrogens (primary N) is 1. The predicted octanol–water partition coefficient (Wildman–Crippen LogP) is 7.51. The van der Waals surface area contributed by atoms with Gasteiger partial charge in [-0.05, 0) is 85.3 Å². The molecule has 50 heavy (non-hydrogen) atoms. The molecule has 274 valence electrons. The van der Waals surface area contributed by atoms with Gasteiger partial charge in [-0.3, -0.25) is 8.37 Å². The van der Waals surface area contributed by atoms with E-state index in [2.05, 4.69) is 107 Å². The van der Waals surface area contributed by atoms with Gasteiger partial charge in [0.05, 0.1) is 32.3 Å². The van der Waals surface area contributed by atoms with E-state index < -0.39 is 20.2 Å². The van der Waals surface area contributed by atoms with Gasteiger partial charge in [-0.25, -0.2) is 0 Å². The topological polar surface area (TPSA) is 107 Å². The van der Waals surface area contributed by atoms with Crippen molar-refractivity contribution in [1.29, 1.82) is 0 Å². The quantitative estimate of drug-likeness (QED) is 0.0957. The van der Waals surface area contributed by atoms with Gasteiger partial charge in [-0.15, -0.1) is 0 Å². The molecule has 1 aliphatic carbocycles. The zero-order valence-corrected chi connectivity index (χ0v) is 32.8. The largest absolute Gasteiger partial charge is 0.344 e. The minimum atomic E-state index is -3.47. The van der Waals surface area contributed by atoms with Gasteiger partial charge in [0, 0.05) is 33.9 Å². The first-order valence-corrected chi connectivity index (χ1v) is 21.0. The van der Waals surface area contributed by atoms with E-state index in [0.29, 0.717) is 19.4 Å². The van der Waals surface area contributed by atoms with Crippen molar-refractivity contribution in [2.24, 2.45) is 0 Å². The zero-order chi connectivity index (χ0) is 36.6. The molecule has 1 heterocycles. The van der Waals surface area contributed by atoms with Gasteiger partial charge in [0.1, 0.15) is 5.69 Å². The van der Waals surface area contributed by atoms with Crippen molar-refractivity contribution in [1.82, 2.24) is 0 Å². The monoisotopic (exact) mass is 745 g/mol. The molecule has 0 bridgehead atoms. The number of quaternary nitrogens is 1. The lowest BCUT2D eigenvalue weighted by Crippen LogP contribution is -2.78. The molecule has 0 atom stereocenters. The molecule has 8 nitrogen and oxygen atoms in total. The number of rotatable bonds is 18. The Labute approximate surface area is 305 Å². The number of anilines is 1. The molecule has 2 aliphatic rings. The zero-order valence-electron chi connectivity index (χ0n) is 30.4. The third kappa shape index (κ3) is 10.2. The minimum Gasteiger partial charge on any atom is -0.344 e. The summed E-state index contributed by atoms with van der Waals surface area (Å²) in [6, 6.07) is 16.9.